The highest BCUT2D eigenvalue weighted by Gasteiger charge is 2.38. The molecule has 2 heterocycles. The molecule has 0 radical (unpaired) electrons. The van der Waals surface area contributed by atoms with Crippen molar-refractivity contribution in [1.82, 2.24) is 10.2 Å². The van der Waals surface area contributed by atoms with Crippen LogP contribution in [0.2, 0.25) is 0 Å². The third-order valence-corrected chi connectivity index (χ3v) is 3.67. The molecule has 88 valence electrons. The van der Waals surface area contributed by atoms with Gasteiger partial charge in [-0.25, -0.2) is 0 Å². The van der Waals surface area contributed by atoms with E-state index in [1.807, 2.05) is 6.92 Å². The summed E-state index contributed by atoms with van der Waals surface area (Å²) in [5.74, 6) is 3.06. The molecule has 16 heavy (non-hydrogen) atoms. The Balaban J connectivity index is 1.79. The van der Waals surface area contributed by atoms with Crippen molar-refractivity contribution < 1.29 is 4.42 Å². The van der Waals surface area contributed by atoms with E-state index in [9.17, 15) is 0 Å². The van der Waals surface area contributed by atoms with Gasteiger partial charge in [-0.3, -0.25) is 4.90 Å². The number of nitrogens with zero attached hydrogens (tertiary/aromatic N) is 1. The highest BCUT2D eigenvalue weighted by atomic mass is 16.3. The minimum atomic E-state index is 0.538. The minimum absolute atomic E-state index is 0.538. The molecule has 2 aliphatic rings. The predicted molar refractivity (Wildman–Crippen MR) is 63.4 cm³/mol. The summed E-state index contributed by atoms with van der Waals surface area (Å²) < 4.78 is 5.84. The lowest BCUT2D eigenvalue weighted by molar-refractivity contribution is 0.136. The molecular weight excluding hydrogens is 200 g/mol. The van der Waals surface area contributed by atoms with E-state index in [0.717, 1.165) is 37.9 Å². The van der Waals surface area contributed by atoms with Crippen LogP contribution >= 0.6 is 0 Å². The van der Waals surface area contributed by atoms with Crippen LogP contribution in [0.15, 0.2) is 16.5 Å². The highest BCUT2D eigenvalue weighted by molar-refractivity contribution is 5.13. The molecule has 0 spiro atoms. The Bertz CT molecular complexity index is 351. The van der Waals surface area contributed by atoms with Gasteiger partial charge in [0, 0.05) is 26.2 Å². The van der Waals surface area contributed by atoms with Crippen molar-refractivity contribution in [3.63, 3.8) is 0 Å². The van der Waals surface area contributed by atoms with Crippen LogP contribution < -0.4 is 5.32 Å². The summed E-state index contributed by atoms with van der Waals surface area (Å²) in [5, 5.41) is 3.41. The molecule has 0 aromatic carbocycles. The molecule has 2 fully saturated rings. The molecule has 1 atom stereocenters. The van der Waals surface area contributed by atoms with Crippen molar-refractivity contribution in [3.8, 4) is 0 Å². The van der Waals surface area contributed by atoms with Crippen molar-refractivity contribution in [3.05, 3.63) is 23.7 Å². The van der Waals surface area contributed by atoms with Gasteiger partial charge in [-0.15, -0.1) is 0 Å². The number of aryl methyl sites for hydroxylation is 1. The van der Waals surface area contributed by atoms with Crippen LogP contribution in [0.1, 0.15) is 30.4 Å². The van der Waals surface area contributed by atoms with E-state index in [2.05, 4.69) is 22.3 Å². The second-order valence-electron chi connectivity index (χ2n) is 5.02. The molecule has 3 heteroatoms. The summed E-state index contributed by atoms with van der Waals surface area (Å²) in [6.45, 7) is 6.57. The fraction of sp³-hybridized carbons (Fsp3) is 0.692. The molecule has 1 aromatic rings. The molecule has 0 bridgehead atoms. The van der Waals surface area contributed by atoms with Crippen LogP contribution in [-0.4, -0.2) is 31.1 Å². The second-order valence-corrected chi connectivity index (χ2v) is 5.02. The summed E-state index contributed by atoms with van der Waals surface area (Å²) in [7, 11) is 0. The van der Waals surface area contributed by atoms with E-state index in [-0.39, 0.29) is 0 Å². The van der Waals surface area contributed by atoms with Crippen molar-refractivity contribution in [2.24, 2.45) is 5.92 Å². The van der Waals surface area contributed by atoms with Gasteiger partial charge in [-0.2, -0.15) is 0 Å². The Hall–Kier alpha value is -0.800. The van der Waals surface area contributed by atoms with E-state index in [1.54, 1.807) is 0 Å². The molecular formula is C13H20N2O. The SMILES string of the molecule is Cc1ccc([C@H](C2CC2)N2CCNCC2)o1. The number of rotatable bonds is 3. The average molecular weight is 220 g/mol. The fourth-order valence-corrected chi connectivity index (χ4v) is 2.70. The monoisotopic (exact) mass is 220 g/mol. The Kier molecular flexibility index (Phi) is 2.74. The van der Waals surface area contributed by atoms with E-state index >= 15 is 0 Å². The normalized spacial score (nSPS) is 24.6. The van der Waals surface area contributed by atoms with Crippen molar-refractivity contribution in [1.29, 1.82) is 0 Å². The van der Waals surface area contributed by atoms with Gasteiger partial charge in [0.15, 0.2) is 0 Å². The van der Waals surface area contributed by atoms with Gasteiger partial charge in [0.25, 0.3) is 0 Å². The van der Waals surface area contributed by atoms with E-state index in [4.69, 9.17) is 4.42 Å². The van der Waals surface area contributed by atoms with Crippen molar-refractivity contribution in [2.75, 3.05) is 26.2 Å². The maximum absolute atomic E-state index is 5.84. The van der Waals surface area contributed by atoms with Crippen molar-refractivity contribution >= 4 is 0 Å². The maximum Gasteiger partial charge on any atom is 0.121 e. The molecule has 0 unspecified atom stereocenters. The molecule has 1 N–H and O–H groups in total. The number of hydrogen-bond acceptors (Lipinski definition) is 3. The lowest BCUT2D eigenvalue weighted by atomic mass is 10.1. The molecule has 3 rings (SSSR count). The lowest BCUT2D eigenvalue weighted by Gasteiger charge is -2.34. The average Bonchev–Trinajstić information content (AvgIpc) is 3.04. The maximum atomic E-state index is 5.84. The molecule has 1 aromatic heterocycles. The first kappa shape index (κ1) is 10.4. The smallest absolute Gasteiger partial charge is 0.121 e. The van der Waals surface area contributed by atoms with Gasteiger partial charge in [0.1, 0.15) is 11.5 Å². The fourth-order valence-electron chi connectivity index (χ4n) is 2.70. The molecule has 3 nitrogen and oxygen atoms in total. The molecule has 1 aliphatic carbocycles. The molecule has 1 saturated heterocycles. The van der Waals surface area contributed by atoms with Gasteiger partial charge in [-0.05, 0) is 37.8 Å². The van der Waals surface area contributed by atoms with Gasteiger partial charge < -0.3 is 9.73 Å². The Labute approximate surface area is 96.8 Å². The number of hydrogen-bond donors (Lipinski definition) is 1. The number of nitrogens with one attached hydrogen (secondary N) is 1. The van der Waals surface area contributed by atoms with Gasteiger partial charge in [0.2, 0.25) is 0 Å². The van der Waals surface area contributed by atoms with Gasteiger partial charge in [0.05, 0.1) is 6.04 Å². The van der Waals surface area contributed by atoms with Crippen molar-refractivity contribution in [2.45, 2.75) is 25.8 Å². The quantitative estimate of drug-likeness (QED) is 0.844. The second kappa shape index (κ2) is 4.22. The van der Waals surface area contributed by atoms with Crippen LogP contribution in [-0.2, 0) is 0 Å². The van der Waals surface area contributed by atoms with E-state index in [1.165, 1.54) is 18.6 Å². The molecule has 1 saturated carbocycles. The summed E-state index contributed by atoms with van der Waals surface area (Å²) in [4.78, 5) is 2.59. The van der Waals surface area contributed by atoms with Crippen LogP contribution in [0, 0.1) is 12.8 Å². The molecule has 1 aliphatic heterocycles. The van der Waals surface area contributed by atoms with Gasteiger partial charge >= 0.3 is 0 Å². The number of piperazine rings is 1. The Morgan fingerprint density at radius 3 is 2.62 bits per heavy atom. The van der Waals surface area contributed by atoms with E-state index < -0.39 is 0 Å². The standard InChI is InChI=1S/C13H20N2O/c1-10-2-5-12(16-10)13(11-3-4-11)15-8-6-14-7-9-15/h2,5,11,13-14H,3-4,6-9H2,1H3/t13-/m0/s1. The Morgan fingerprint density at radius 2 is 2.06 bits per heavy atom. The molecule has 0 amide bonds. The largest absolute Gasteiger partial charge is 0.465 e. The summed E-state index contributed by atoms with van der Waals surface area (Å²) >= 11 is 0. The summed E-state index contributed by atoms with van der Waals surface area (Å²) in [6.07, 6.45) is 2.74. The number of furan rings is 1. The highest BCUT2D eigenvalue weighted by Crippen LogP contribution is 2.44. The lowest BCUT2D eigenvalue weighted by Crippen LogP contribution is -2.45. The van der Waals surface area contributed by atoms with Crippen LogP contribution in [0.4, 0.5) is 0 Å². The van der Waals surface area contributed by atoms with Crippen LogP contribution in [0.3, 0.4) is 0 Å². The summed E-state index contributed by atoms with van der Waals surface area (Å²) in [5.41, 5.74) is 0. The first-order valence-electron chi connectivity index (χ1n) is 6.36. The van der Waals surface area contributed by atoms with Crippen LogP contribution in [0.5, 0.6) is 0 Å². The third kappa shape index (κ3) is 2.02. The first-order valence-corrected chi connectivity index (χ1v) is 6.36. The zero-order valence-electron chi connectivity index (χ0n) is 9.91. The van der Waals surface area contributed by atoms with E-state index in [0.29, 0.717) is 6.04 Å². The van der Waals surface area contributed by atoms with Crippen LogP contribution in [0.25, 0.3) is 0 Å². The zero-order chi connectivity index (χ0) is 11.0. The topological polar surface area (TPSA) is 28.4 Å². The first-order chi connectivity index (χ1) is 7.84. The minimum Gasteiger partial charge on any atom is -0.465 e. The predicted octanol–water partition coefficient (Wildman–Crippen LogP) is 1.94. The Morgan fingerprint density at radius 1 is 1.31 bits per heavy atom. The zero-order valence-corrected chi connectivity index (χ0v) is 9.91. The third-order valence-electron chi connectivity index (χ3n) is 3.67. The summed E-state index contributed by atoms with van der Waals surface area (Å²) in [6, 6.07) is 4.79. The van der Waals surface area contributed by atoms with Gasteiger partial charge in [-0.1, -0.05) is 0 Å².